The number of hydrogen-bond donors (Lipinski definition) is 1. The minimum Gasteiger partial charge on any atom is -0.314 e. The van der Waals surface area contributed by atoms with Gasteiger partial charge in [0.15, 0.2) is 0 Å². The molecule has 0 aliphatic heterocycles. The van der Waals surface area contributed by atoms with Crippen LogP contribution in [0, 0.1) is 0 Å². The molecule has 0 saturated heterocycles. The van der Waals surface area contributed by atoms with Crippen molar-refractivity contribution in [3.63, 3.8) is 0 Å². The van der Waals surface area contributed by atoms with Crippen LogP contribution >= 0.6 is 0 Å². The second-order valence-corrected chi connectivity index (χ2v) is 5.61. The van der Waals surface area contributed by atoms with Crippen molar-refractivity contribution in [1.82, 2.24) is 14.5 Å². The predicted molar refractivity (Wildman–Crippen MR) is 78.6 cm³/mol. The van der Waals surface area contributed by atoms with E-state index in [0.717, 1.165) is 32.4 Å². The van der Waals surface area contributed by atoms with Crippen molar-refractivity contribution in [2.75, 3.05) is 6.54 Å². The van der Waals surface area contributed by atoms with Crippen LogP contribution in [0.1, 0.15) is 58.4 Å². The molecule has 4 nitrogen and oxygen atoms in total. The van der Waals surface area contributed by atoms with Gasteiger partial charge in [0.1, 0.15) is 0 Å². The van der Waals surface area contributed by atoms with Crippen LogP contribution in [-0.4, -0.2) is 21.7 Å². The molecule has 4 heteroatoms. The number of aromatic nitrogens is 2. The minimum atomic E-state index is 0.178. The van der Waals surface area contributed by atoms with Crippen molar-refractivity contribution in [3.05, 3.63) is 22.9 Å². The molecule has 1 aliphatic carbocycles. The van der Waals surface area contributed by atoms with Crippen LogP contribution < -0.4 is 11.0 Å². The number of nitrogens with one attached hydrogen (secondary N) is 1. The first-order valence-electron chi connectivity index (χ1n) is 7.76. The summed E-state index contributed by atoms with van der Waals surface area (Å²) in [5, 5.41) is 3.56. The Balaban J connectivity index is 1.77. The van der Waals surface area contributed by atoms with Crippen LogP contribution in [-0.2, 0) is 6.54 Å². The first kappa shape index (κ1) is 14.4. The van der Waals surface area contributed by atoms with Gasteiger partial charge in [-0.1, -0.05) is 13.8 Å². The molecule has 2 rings (SSSR count). The molecule has 0 bridgehead atoms. The van der Waals surface area contributed by atoms with Gasteiger partial charge in [-0.3, -0.25) is 9.13 Å². The highest BCUT2D eigenvalue weighted by Gasteiger charge is 2.25. The molecular weight excluding hydrogens is 238 g/mol. The number of aryl methyl sites for hydroxylation is 1. The number of nitrogens with zero attached hydrogens (tertiary/aromatic N) is 2. The standard InChI is InChI=1S/C15H27N3O/c1-3-9-16-13(4-2)6-5-10-17-11-12-18(15(17)19)14-7-8-14/h11-14,16H,3-10H2,1-2H3. The summed E-state index contributed by atoms with van der Waals surface area (Å²) >= 11 is 0. The number of imidazole rings is 1. The van der Waals surface area contributed by atoms with Gasteiger partial charge in [-0.15, -0.1) is 0 Å². The molecule has 0 amide bonds. The number of hydrogen-bond acceptors (Lipinski definition) is 2. The van der Waals surface area contributed by atoms with Crippen LogP contribution in [0.2, 0.25) is 0 Å². The molecule has 108 valence electrons. The molecule has 1 atom stereocenters. The third-order valence-electron chi connectivity index (χ3n) is 3.94. The Bertz CT molecular complexity index is 431. The monoisotopic (exact) mass is 265 g/mol. The molecule has 1 aliphatic rings. The van der Waals surface area contributed by atoms with Gasteiger partial charge in [0, 0.05) is 31.0 Å². The zero-order valence-corrected chi connectivity index (χ0v) is 12.3. The topological polar surface area (TPSA) is 39.0 Å². The van der Waals surface area contributed by atoms with Gasteiger partial charge in [-0.2, -0.15) is 0 Å². The van der Waals surface area contributed by atoms with Gasteiger partial charge >= 0.3 is 5.69 Å². The molecule has 1 N–H and O–H groups in total. The second-order valence-electron chi connectivity index (χ2n) is 5.61. The summed E-state index contributed by atoms with van der Waals surface area (Å²) in [7, 11) is 0. The lowest BCUT2D eigenvalue weighted by molar-refractivity contribution is 0.436. The molecule has 0 spiro atoms. The Morgan fingerprint density at radius 3 is 2.79 bits per heavy atom. The molecule has 1 fully saturated rings. The highest BCUT2D eigenvalue weighted by atomic mass is 16.1. The number of rotatable bonds is 9. The van der Waals surface area contributed by atoms with Crippen molar-refractivity contribution >= 4 is 0 Å². The van der Waals surface area contributed by atoms with E-state index in [0.29, 0.717) is 12.1 Å². The third kappa shape index (κ3) is 3.96. The zero-order valence-electron chi connectivity index (χ0n) is 12.3. The van der Waals surface area contributed by atoms with E-state index in [-0.39, 0.29) is 5.69 Å². The average Bonchev–Trinajstić information content (AvgIpc) is 3.19. The summed E-state index contributed by atoms with van der Waals surface area (Å²) < 4.78 is 3.76. The van der Waals surface area contributed by atoms with E-state index < -0.39 is 0 Å². The Morgan fingerprint density at radius 1 is 1.37 bits per heavy atom. The minimum absolute atomic E-state index is 0.178. The van der Waals surface area contributed by atoms with E-state index >= 15 is 0 Å². The van der Waals surface area contributed by atoms with Crippen LogP contribution in [0.5, 0.6) is 0 Å². The van der Waals surface area contributed by atoms with E-state index in [9.17, 15) is 4.79 Å². The smallest absolute Gasteiger partial charge is 0.314 e. The fourth-order valence-corrected chi connectivity index (χ4v) is 2.54. The summed E-state index contributed by atoms with van der Waals surface area (Å²) in [6.07, 6.45) is 10.8. The third-order valence-corrected chi connectivity index (χ3v) is 3.94. The van der Waals surface area contributed by atoms with Crippen LogP contribution in [0.25, 0.3) is 0 Å². The van der Waals surface area contributed by atoms with E-state index in [4.69, 9.17) is 0 Å². The Kier molecular flexibility index (Phi) is 5.25. The van der Waals surface area contributed by atoms with E-state index in [2.05, 4.69) is 19.2 Å². The maximum Gasteiger partial charge on any atom is 0.328 e. The first-order valence-corrected chi connectivity index (χ1v) is 7.76. The van der Waals surface area contributed by atoms with Crippen LogP contribution in [0.3, 0.4) is 0 Å². The molecule has 19 heavy (non-hydrogen) atoms. The fourth-order valence-electron chi connectivity index (χ4n) is 2.54. The van der Waals surface area contributed by atoms with Crippen molar-refractivity contribution in [3.8, 4) is 0 Å². The van der Waals surface area contributed by atoms with Crippen LogP contribution in [0.4, 0.5) is 0 Å². The quantitative estimate of drug-likeness (QED) is 0.745. The lowest BCUT2D eigenvalue weighted by Crippen LogP contribution is -2.30. The molecule has 0 aromatic carbocycles. The summed E-state index contributed by atoms with van der Waals surface area (Å²) in [6, 6.07) is 1.09. The molecule has 1 unspecified atom stereocenters. The molecule has 1 aromatic heterocycles. The van der Waals surface area contributed by atoms with Crippen molar-refractivity contribution in [2.24, 2.45) is 0 Å². The van der Waals surface area contributed by atoms with Gasteiger partial charge in [0.25, 0.3) is 0 Å². The van der Waals surface area contributed by atoms with Crippen molar-refractivity contribution in [1.29, 1.82) is 0 Å². The van der Waals surface area contributed by atoms with Crippen molar-refractivity contribution < 1.29 is 0 Å². The molecule has 1 heterocycles. The summed E-state index contributed by atoms with van der Waals surface area (Å²) in [6.45, 7) is 6.36. The lowest BCUT2D eigenvalue weighted by Gasteiger charge is -2.16. The van der Waals surface area contributed by atoms with Gasteiger partial charge < -0.3 is 5.32 Å². The van der Waals surface area contributed by atoms with E-state index in [1.165, 1.54) is 19.3 Å². The molecule has 1 saturated carbocycles. The Labute approximate surface area is 115 Å². The van der Waals surface area contributed by atoms with Crippen molar-refractivity contribution in [2.45, 2.75) is 71.0 Å². The maximum atomic E-state index is 12.1. The molecule has 1 aromatic rings. The van der Waals surface area contributed by atoms with Crippen LogP contribution in [0.15, 0.2) is 17.2 Å². The predicted octanol–water partition coefficient (Wildman–Crippen LogP) is 2.54. The van der Waals surface area contributed by atoms with Gasteiger partial charge in [0.05, 0.1) is 0 Å². The highest BCUT2D eigenvalue weighted by molar-refractivity contribution is 4.91. The average molecular weight is 265 g/mol. The Morgan fingerprint density at radius 2 is 2.16 bits per heavy atom. The Hall–Kier alpha value is -1.03. The van der Waals surface area contributed by atoms with Gasteiger partial charge in [-0.05, 0) is 45.1 Å². The molecular formula is C15H27N3O. The highest BCUT2D eigenvalue weighted by Crippen LogP contribution is 2.33. The largest absolute Gasteiger partial charge is 0.328 e. The SMILES string of the molecule is CCCNC(CC)CCCn1ccn(C2CC2)c1=O. The van der Waals surface area contributed by atoms with Gasteiger partial charge in [0.2, 0.25) is 0 Å². The lowest BCUT2D eigenvalue weighted by atomic mass is 10.1. The zero-order chi connectivity index (χ0) is 13.7. The first-order chi connectivity index (χ1) is 9.26. The van der Waals surface area contributed by atoms with E-state index in [1.807, 2.05) is 21.5 Å². The second kappa shape index (κ2) is 6.94. The normalized spacial score (nSPS) is 16.7. The van der Waals surface area contributed by atoms with Gasteiger partial charge in [-0.25, -0.2) is 4.79 Å². The van der Waals surface area contributed by atoms with E-state index in [1.54, 1.807) is 0 Å². The summed E-state index contributed by atoms with van der Waals surface area (Å²) in [4.78, 5) is 12.1. The molecule has 0 radical (unpaired) electrons. The summed E-state index contributed by atoms with van der Waals surface area (Å²) in [5.74, 6) is 0. The summed E-state index contributed by atoms with van der Waals surface area (Å²) in [5.41, 5.74) is 0.178. The fraction of sp³-hybridized carbons (Fsp3) is 0.800. The maximum absolute atomic E-state index is 12.1.